The first-order valence-electron chi connectivity index (χ1n) is 6.42. The van der Waals surface area contributed by atoms with E-state index in [-0.39, 0.29) is 11.1 Å². The lowest BCUT2D eigenvalue weighted by Crippen LogP contribution is -2.12. The minimum absolute atomic E-state index is 0.00400. The molecule has 1 heterocycles. The molecule has 2 rings (SSSR count). The van der Waals surface area contributed by atoms with Crippen molar-refractivity contribution >= 4 is 17.0 Å². The number of hydrogen-bond acceptors (Lipinski definition) is 3. The Hall–Kier alpha value is -1.49. The molecule has 0 aliphatic heterocycles. The van der Waals surface area contributed by atoms with Crippen LogP contribution in [0.2, 0.25) is 0 Å². The third kappa shape index (κ3) is 3.33. The van der Waals surface area contributed by atoms with Crippen molar-refractivity contribution in [2.24, 2.45) is 0 Å². The van der Waals surface area contributed by atoms with Crippen molar-refractivity contribution in [3.05, 3.63) is 45.4 Å². The first-order valence-corrected chi connectivity index (χ1v) is 7.30. The summed E-state index contributed by atoms with van der Waals surface area (Å²) in [5.74, 6) is -0.861. The molecule has 0 fully saturated rings. The average Bonchev–Trinajstić information content (AvgIpc) is 2.80. The van der Waals surface area contributed by atoms with Crippen molar-refractivity contribution < 1.29 is 8.78 Å². The number of aromatic nitrogens is 1. The third-order valence-electron chi connectivity index (χ3n) is 3.00. The topological polar surface area (TPSA) is 24.9 Å². The molecule has 0 aliphatic rings. The summed E-state index contributed by atoms with van der Waals surface area (Å²) >= 11 is 1.52. The molecule has 0 radical (unpaired) electrons. The largest absolute Gasteiger partial charge is 0.376 e. The molecular weight excluding hydrogens is 278 g/mol. The van der Waals surface area contributed by atoms with E-state index in [1.165, 1.54) is 23.5 Å². The maximum absolute atomic E-state index is 13.7. The fraction of sp³-hybridized carbons (Fsp3) is 0.400. The number of hydrogen-bond donors (Lipinski definition) is 1. The minimum atomic E-state index is -0.448. The molecule has 2 nitrogen and oxygen atoms in total. The molecule has 0 bridgehead atoms. The molecule has 1 N–H and O–H groups in total. The molecule has 0 saturated heterocycles. The number of halogens is 2. The smallest absolute Gasteiger partial charge is 0.146 e. The predicted molar refractivity (Wildman–Crippen MR) is 79.2 cm³/mol. The molecule has 0 unspecified atom stereocenters. The van der Waals surface area contributed by atoms with Crippen LogP contribution in [0.15, 0.2) is 17.5 Å². The van der Waals surface area contributed by atoms with Gasteiger partial charge in [-0.2, -0.15) is 0 Å². The van der Waals surface area contributed by atoms with Crippen LogP contribution in [0.1, 0.15) is 37.0 Å². The van der Waals surface area contributed by atoms with E-state index in [1.807, 2.05) is 5.38 Å². The lowest BCUT2D eigenvalue weighted by atomic mass is 9.93. The van der Waals surface area contributed by atoms with Crippen LogP contribution in [-0.2, 0) is 12.0 Å². The molecule has 0 aliphatic carbocycles. The lowest BCUT2D eigenvalue weighted by molar-refractivity contribution is 0.571. The normalized spacial score (nSPS) is 11.7. The Balaban J connectivity index is 2.09. The molecule has 1 aromatic carbocycles. The number of anilines is 1. The van der Waals surface area contributed by atoms with Crippen LogP contribution >= 0.6 is 11.3 Å². The van der Waals surface area contributed by atoms with Gasteiger partial charge in [0, 0.05) is 16.9 Å². The van der Waals surface area contributed by atoms with Crippen LogP contribution in [0.4, 0.5) is 14.5 Å². The summed E-state index contributed by atoms with van der Waals surface area (Å²) in [5.41, 5.74) is 1.48. The van der Waals surface area contributed by atoms with E-state index < -0.39 is 11.6 Å². The van der Waals surface area contributed by atoms with Gasteiger partial charge in [0.1, 0.15) is 16.6 Å². The fourth-order valence-corrected chi connectivity index (χ4v) is 2.65. The van der Waals surface area contributed by atoms with Gasteiger partial charge in [0.05, 0.1) is 17.9 Å². The summed E-state index contributed by atoms with van der Waals surface area (Å²) in [6.45, 7) is 8.20. The van der Waals surface area contributed by atoms with E-state index in [9.17, 15) is 8.78 Å². The first-order chi connectivity index (χ1) is 9.27. The summed E-state index contributed by atoms with van der Waals surface area (Å²) in [6, 6.07) is 2.38. The maximum Gasteiger partial charge on any atom is 0.146 e. The number of thiazole rings is 1. The van der Waals surface area contributed by atoms with Crippen LogP contribution in [0.3, 0.4) is 0 Å². The van der Waals surface area contributed by atoms with Crippen molar-refractivity contribution in [2.45, 2.75) is 39.7 Å². The van der Waals surface area contributed by atoms with E-state index in [0.29, 0.717) is 12.1 Å². The predicted octanol–water partition coefficient (Wildman–Crippen LogP) is 4.64. The SMILES string of the molecule is Cc1cc(F)c(NCc2nc(C(C)(C)C)cs2)cc1F. The monoisotopic (exact) mass is 296 g/mol. The van der Waals surface area contributed by atoms with Gasteiger partial charge in [-0.25, -0.2) is 13.8 Å². The van der Waals surface area contributed by atoms with Crippen LogP contribution in [0.5, 0.6) is 0 Å². The summed E-state index contributed by atoms with van der Waals surface area (Å²) in [5, 5.41) is 5.75. The van der Waals surface area contributed by atoms with E-state index in [2.05, 4.69) is 31.1 Å². The van der Waals surface area contributed by atoms with Gasteiger partial charge in [-0.3, -0.25) is 0 Å². The van der Waals surface area contributed by atoms with Gasteiger partial charge in [0.15, 0.2) is 0 Å². The molecule has 20 heavy (non-hydrogen) atoms. The molecule has 0 amide bonds. The minimum Gasteiger partial charge on any atom is -0.376 e. The highest BCUT2D eigenvalue weighted by Gasteiger charge is 2.17. The fourth-order valence-electron chi connectivity index (χ4n) is 1.69. The third-order valence-corrected chi connectivity index (χ3v) is 3.85. The van der Waals surface area contributed by atoms with E-state index in [0.717, 1.165) is 10.7 Å². The van der Waals surface area contributed by atoms with Crippen molar-refractivity contribution in [1.82, 2.24) is 4.98 Å². The highest BCUT2D eigenvalue weighted by molar-refractivity contribution is 7.09. The average molecular weight is 296 g/mol. The molecular formula is C15H18F2N2S. The van der Waals surface area contributed by atoms with Crippen molar-refractivity contribution in [3.8, 4) is 0 Å². The summed E-state index contributed by atoms with van der Waals surface area (Å²) in [6.07, 6.45) is 0. The highest BCUT2D eigenvalue weighted by Crippen LogP contribution is 2.25. The van der Waals surface area contributed by atoms with Crippen LogP contribution in [0.25, 0.3) is 0 Å². The lowest BCUT2D eigenvalue weighted by Gasteiger charge is -2.14. The van der Waals surface area contributed by atoms with Crippen LogP contribution in [-0.4, -0.2) is 4.98 Å². The van der Waals surface area contributed by atoms with Gasteiger partial charge < -0.3 is 5.32 Å². The van der Waals surface area contributed by atoms with Crippen molar-refractivity contribution in [1.29, 1.82) is 0 Å². The Morgan fingerprint density at radius 2 is 1.90 bits per heavy atom. The summed E-state index contributed by atoms with van der Waals surface area (Å²) < 4.78 is 27.1. The van der Waals surface area contributed by atoms with Crippen molar-refractivity contribution in [2.75, 3.05) is 5.32 Å². The summed E-state index contributed by atoms with van der Waals surface area (Å²) in [7, 11) is 0. The van der Waals surface area contributed by atoms with Crippen LogP contribution in [0, 0.1) is 18.6 Å². The van der Waals surface area contributed by atoms with Crippen LogP contribution < -0.4 is 5.32 Å². The van der Waals surface area contributed by atoms with E-state index in [4.69, 9.17) is 0 Å². The second-order valence-corrected chi connectivity index (χ2v) is 6.75. The number of aryl methyl sites for hydroxylation is 1. The molecule has 1 aromatic heterocycles. The Bertz CT molecular complexity index is 615. The Labute approximate surface area is 121 Å². The Morgan fingerprint density at radius 1 is 1.20 bits per heavy atom. The summed E-state index contributed by atoms with van der Waals surface area (Å²) in [4.78, 5) is 4.51. The number of benzene rings is 1. The Morgan fingerprint density at radius 3 is 2.50 bits per heavy atom. The second-order valence-electron chi connectivity index (χ2n) is 5.81. The quantitative estimate of drug-likeness (QED) is 0.892. The molecule has 5 heteroatoms. The standard InChI is InChI=1S/C15H18F2N2S/c1-9-5-11(17)12(6-10(9)16)18-7-14-19-13(8-20-14)15(2,3)4/h5-6,8,18H,7H2,1-4H3. The zero-order valence-corrected chi connectivity index (χ0v) is 12.9. The van der Waals surface area contributed by atoms with Crippen molar-refractivity contribution in [3.63, 3.8) is 0 Å². The number of nitrogens with one attached hydrogen (secondary N) is 1. The molecule has 0 spiro atoms. The first kappa shape index (κ1) is 14.9. The van der Waals surface area contributed by atoms with E-state index in [1.54, 1.807) is 6.92 Å². The second kappa shape index (κ2) is 5.48. The van der Waals surface area contributed by atoms with Gasteiger partial charge in [-0.05, 0) is 18.6 Å². The van der Waals surface area contributed by atoms with E-state index >= 15 is 0 Å². The zero-order valence-electron chi connectivity index (χ0n) is 12.1. The van der Waals surface area contributed by atoms with Gasteiger partial charge in [-0.1, -0.05) is 20.8 Å². The highest BCUT2D eigenvalue weighted by atomic mass is 32.1. The Kier molecular flexibility index (Phi) is 4.09. The molecule has 2 aromatic rings. The maximum atomic E-state index is 13.7. The molecule has 0 saturated carbocycles. The van der Waals surface area contributed by atoms with Gasteiger partial charge in [-0.15, -0.1) is 11.3 Å². The number of nitrogens with zero attached hydrogens (tertiary/aromatic N) is 1. The van der Waals surface area contributed by atoms with Gasteiger partial charge in [0.2, 0.25) is 0 Å². The van der Waals surface area contributed by atoms with Gasteiger partial charge in [0.25, 0.3) is 0 Å². The zero-order chi connectivity index (χ0) is 14.9. The molecule has 0 atom stereocenters. The molecule has 108 valence electrons. The van der Waals surface area contributed by atoms with Gasteiger partial charge >= 0.3 is 0 Å². The number of rotatable bonds is 3.